The summed E-state index contributed by atoms with van der Waals surface area (Å²) in [5, 5.41) is -3.48. The van der Waals surface area contributed by atoms with Gasteiger partial charge >= 0.3 is 105 Å². The summed E-state index contributed by atoms with van der Waals surface area (Å²) in [7, 11) is -0.513. The van der Waals surface area contributed by atoms with Gasteiger partial charge in [-0.25, -0.2) is 0 Å². The van der Waals surface area contributed by atoms with Crippen LogP contribution in [0.25, 0.3) is 10.8 Å². The SMILES string of the molecule is O=BOc1c(F)c(F)c2c(F)c(F)c(F)c(F)c2c1F. The molecular formula is C10BF7O2. The summed E-state index contributed by atoms with van der Waals surface area (Å²) in [6.07, 6.45) is 0. The van der Waals surface area contributed by atoms with Crippen LogP contribution in [0.5, 0.6) is 5.75 Å². The van der Waals surface area contributed by atoms with Gasteiger partial charge in [0.25, 0.3) is 0 Å². The molecule has 0 N–H and O–H groups in total. The molecule has 0 unspecified atom stereocenters. The van der Waals surface area contributed by atoms with Crippen LogP contribution in [0.1, 0.15) is 0 Å². The molecule has 0 spiro atoms. The molecule has 0 saturated heterocycles. The zero-order chi connectivity index (χ0) is 15.2. The van der Waals surface area contributed by atoms with Gasteiger partial charge in [0, 0.05) is 0 Å². The Labute approximate surface area is 106 Å². The van der Waals surface area contributed by atoms with Crippen LogP contribution in [-0.4, -0.2) is 7.35 Å². The monoisotopic (exact) mass is 296 g/mol. The first-order valence-corrected chi connectivity index (χ1v) is 4.75. The van der Waals surface area contributed by atoms with Gasteiger partial charge in [-0.2, -0.15) is 0 Å². The van der Waals surface area contributed by atoms with Gasteiger partial charge in [0.15, 0.2) is 0 Å². The minimum atomic E-state index is -2.43. The molecule has 0 atom stereocenters. The first-order valence-electron chi connectivity index (χ1n) is 4.75. The van der Waals surface area contributed by atoms with Crippen molar-refractivity contribution in [1.29, 1.82) is 0 Å². The zero-order valence-corrected chi connectivity index (χ0v) is 9.04. The molecular weight excluding hydrogens is 296 g/mol. The molecule has 20 heavy (non-hydrogen) atoms. The molecule has 104 valence electrons. The van der Waals surface area contributed by atoms with E-state index in [-0.39, 0.29) is 0 Å². The van der Waals surface area contributed by atoms with Crippen LogP contribution in [0.3, 0.4) is 0 Å². The Balaban J connectivity index is 3.12. The molecule has 0 bridgehead atoms. The zero-order valence-electron chi connectivity index (χ0n) is 9.04. The van der Waals surface area contributed by atoms with Crippen molar-refractivity contribution in [2.24, 2.45) is 0 Å². The molecule has 0 aliphatic rings. The summed E-state index contributed by atoms with van der Waals surface area (Å²) >= 11 is 0. The average molecular weight is 296 g/mol. The van der Waals surface area contributed by atoms with Crippen LogP contribution in [0.15, 0.2) is 0 Å². The molecule has 2 aromatic carbocycles. The first-order chi connectivity index (χ1) is 9.32. The van der Waals surface area contributed by atoms with Crippen molar-refractivity contribution in [1.82, 2.24) is 0 Å². The fourth-order valence-electron chi connectivity index (χ4n) is 1.61. The second-order valence-electron chi connectivity index (χ2n) is 3.49. The maximum atomic E-state index is 13.7. The van der Waals surface area contributed by atoms with Gasteiger partial charge in [-0.1, -0.05) is 0 Å². The molecule has 0 radical (unpaired) electrons. The molecule has 2 aromatic rings. The number of benzene rings is 2. The van der Waals surface area contributed by atoms with Crippen molar-refractivity contribution in [3.63, 3.8) is 0 Å². The summed E-state index contributed by atoms with van der Waals surface area (Å²) in [4.78, 5) is 0. The van der Waals surface area contributed by atoms with Crippen LogP contribution in [0, 0.1) is 40.7 Å². The molecule has 0 aliphatic heterocycles. The summed E-state index contributed by atoms with van der Waals surface area (Å²) in [6.45, 7) is 0. The molecule has 2 nitrogen and oxygen atoms in total. The third-order valence-electron chi connectivity index (χ3n) is 2.46. The average Bonchev–Trinajstić information content (AvgIpc) is 2.42. The standard InChI is InChI=1S/C10BF7O2/c12-3-1-2(4(13)8(17)7(3)16)6(15)10(20-11-19)9(18)5(1)14. The van der Waals surface area contributed by atoms with E-state index >= 15 is 0 Å². The Morgan fingerprint density at radius 3 is 1.45 bits per heavy atom. The van der Waals surface area contributed by atoms with Gasteiger partial charge < -0.3 is 0 Å². The van der Waals surface area contributed by atoms with Gasteiger partial charge in [-0.15, -0.1) is 0 Å². The van der Waals surface area contributed by atoms with Gasteiger partial charge in [-0.3, -0.25) is 0 Å². The molecule has 2 rings (SSSR count). The molecule has 0 saturated carbocycles. The van der Waals surface area contributed by atoms with E-state index in [9.17, 15) is 35.4 Å². The Kier molecular flexibility index (Phi) is 3.40. The number of fused-ring (bicyclic) bond motifs is 1. The fourth-order valence-corrected chi connectivity index (χ4v) is 1.61. The number of halogens is 7. The third-order valence-corrected chi connectivity index (χ3v) is 2.46. The van der Waals surface area contributed by atoms with E-state index in [2.05, 4.69) is 4.65 Å². The van der Waals surface area contributed by atoms with Crippen LogP contribution in [0.4, 0.5) is 30.7 Å². The number of hydrogen-bond donors (Lipinski definition) is 0. The van der Waals surface area contributed by atoms with Gasteiger partial charge in [0.2, 0.25) is 0 Å². The van der Waals surface area contributed by atoms with Crippen LogP contribution in [-0.2, 0) is 4.70 Å². The third kappa shape index (κ3) is 1.74. The van der Waals surface area contributed by atoms with E-state index in [0.717, 1.165) is 0 Å². The Morgan fingerprint density at radius 2 is 1.00 bits per heavy atom. The van der Waals surface area contributed by atoms with Crippen molar-refractivity contribution in [2.45, 2.75) is 0 Å². The van der Waals surface area contributed by atoms with Crippen LogP contribution in [0.2, 0.25) is 0 Å². The van der Waals surface area contributed by atoms with E-state index in [0.29, 0.717) is 0 Å². The summed E-state index contributed by atoms with van der Waals surface area (Å²) in [5.74, 6) is -17.7. The number of hydrogen-bond acceptors (Lipinski definition) is 2. The summed E-state index contributed by atoms with van der Waals surface area (Å²) in [5.41, 5.74) is 0. The topological polar surface area (TPSA) is 26.3 Å². The van der Waals surface area contributed by atoms with Gasteiger partial charge in [-0.05, 0) is 0 Å². The predicted octanol–water partition coefficient (Wildman–Crippen LogP) is 3.16. The Bertz CT molecular complexity index is 747. The van der Waals surface area contributed by atoms with Gasteiger partial charge in [0.05, 0.1) is 0 Å². The normalized spacial score (nSPS) is 10.8. The molecule has 0 aliphatic carbocycles. The van der Waals surface area contributed by atoms with Crippen LogP contribution < -0.4 is 4.65 Å². The summed E-state index contributed by atoms with van der Waals surface area (Å²) in [6, 6.07) is 0. The van der Waals surface area contributed by atoms with Crippen molar-refractivity contribution < 1.29 is 40.1 Å². The molecule has 0 fully saturated rings. The maximum absolute atomic E-state index is 13.7. The van der Waals surface area contributed by atoms with E-state index in [1.165, 1.54) is 0 Å². The second-order valence-corrected chi connectivity index (χ2v) is 3.49. The Morgan fingerprint density at radius 1 is 0.600 bits per heavy atom. The van der Waals surface area contributed by atoms with E-state index in [1.807, 2.05) is 0 Å². The van der Waals surface area contributed by atoms with E-state index in [4.69, 9.17) is 0 Å². The summed E-state index contributed by atoms with van der Waals surface area (Å²) < 4.78 is 107. The fraction of sp³-hybridized carbons (Fsp3) is 0. The van der Waals surface area contributed by atoms with Crippen molar-refractivity contribution in [3.8, 4) is 5.75 Å². The van der Waals surface area contributed by atoms with Crippen LogP contribution >= 0.6 is 0 Å². The minimum absolute atomic E-state index is 0.513. The second kappa shape index (κ2) is 4.76. The van der Waals surface area contributed by atoms with Crippen molar-refractivity contribution in [2.75, 3.05) is 0 Å². The molecule has 0 aromatic heterocycles. The number of rotatable bonds is 2. The molecule has 0 heterocycles. The predicted molar refractivity (Wildman–Crippen MR) is 50.7 cm³/mol. The molecule has 10 heteroatoms. The van der Waals surface area contributed by atoms with Gasteiger partial charge in [0.1, 0.15) is 0 Å². The molecule has 0 amide bonds. The Hall–Kier alpha value is -2.13. The quantitative estimate of drug-likeness (QED) is 0.368. The van der Waals surface area contributed by atoms with Crippen molar-refractivity contribution >= 4 is 18.1 Å². The first kappa shape index (κ1) is 14.3. The van der Waals surface area contributed by atoms with E-state index in [1.54, 1.807) is 0 Å². The van der Waals surface area contributed by atoms with E-state index < -0.39 is 64.6 Å². The van der Waals surface area contributed by atoms with Crippen molar-refractivity contribution in [3.05, 3.63) is 40.7 Å².